The molecule has 2 aromatic heterocycles. The van der Waals surface area contributed by atoms with Gasteiger partial charge in [-0.3, -0.25) is 19.2 Å². The number of aliphatic hydroxyl groups excluding tert-OH is 1. The highest BCUT2D eigenvalue weighted by Crippen LogP contribution is 2.40. The van der Waals surface area contributed by atoms with Gasteiger partial charge in [0.15, 0.2) is 17.7 Å². The molecule has 5 rings (SSSR count). The Hall–Kier alpha value is -3.74. The first kappa shape index (κ1) is 44.4. The highest BCUT2D eigenvalue weighted by molar-refractivity contribution is 6.00. The topological polar surface area (TPSA) is 228 Å². The van der Waals surface area contributed by atoms with Crippen LogP contribution >= 0.6 is 0 Å². The van der Waals surface area contributed by atoms with Gasteiger partial charge in [0.1, 0.15) is 29.6 Å². The number of nitrogens with two attached hydrogens (primary N) is 2. The van der Waals surface area contributed by atoms with Crippen molar-refractivity contribution in [3.8, 4) is 11.4 Å². The fraction of sp³-hybridized carbons (Fsp3) is 0.750. The number of fused-ring (bicyclic) bond motifs is 1. The molecule has 0 saturated carbocycles. The maximum absolute atomic E-state index is 14.2. The zero-order valence-corrected chi connectivity index (χ0v) is 34.9. The summed E-state index contributed by atoms with van der Waals surface area (Å²) in [6.45, 7) is 16.1. The molecular weight excluding hydrogens is 736 g/mol. The van der Waals surface area contributed by atoms with Gasteiger partial charge in [-0.05, 0) is 91.3 Å². The molecule has 0 bridgehead atoms. The molecule has 2 aromatic rings. The zero-order chi connectivity index (χ0) is 41.8. The van der Waals surface area contributed by atoms with Crippen LogP contribution in [0.3, 0.4) is 0 Å². The van der Waals surface area contributed by atoms with E-state index in [1.807, 2.05) is 46.0 Å². The van der Waals surface area contributed by atoms with E-state index in [4.69, 9.17) is 35.2 Å². The van der Waals surface area contributed by atoms with Crippen molar-refractivity contribution in [2.45, 2.75) is 154 Å². The number of nitrogen functional groups attached to an aromatic ring is 1. The number of Topliss-reactive ketones (excluding diaryl/α,β-unsaturated/α-hetero) is 1. The number of nitrogens with zero attached hydrogens (tertiary/aromatic N) is 5. The van der Waals surface area contributed by atoms with Gasteiger partial charge in [-0.15, -0.1) is 5.10 Å². The number of aromatic nitrogens is 4. The van der Waals surface area contributed by atoms with Crippen LogP contribution in [0, 0.1) is 17.8 Å². The first-order valence-corrected chi connectivity index (χ1v) is 20.3. The van der Waals surface area contributed by atoms with E-state index in [2.05, 4.69) is 27.5 Å². The lowest BCUT2D eigenvalue weighted by molar-refractivity contribution is -0.288. The normalized spacial score (nSPS) is 37.2. The molecule has 1 amide bonds. The van der Waals surface area contributed by atoms with Crippen LogP contribution in [-0.2, 0) is 39.8 Å². The van der Waals surface area contributed by atoms with Crippen LogP contribution in [0.2, 0.25) is 0 Å². The van der Waals surface area contributed by atoms with Crippen LogP contribution in [0.4, 0.5) is 10.6 Å². The minimum atomic E-state index is -1.24. The second kappa shape index (κ2) is 18.5. The van der Waals surface area contributed by atoms with Crippen molar-refractivity contribution >= 4 is 23.7 Å². The lowest BCUT2D eigenvalue weighted by Crippen LogP contribution is -2.61. The zero-order valence-electron chi connectivity index (χ0n) is 34.9. The molecule has 17 heteroatoms. The predicted molar refractivity (Wildman–Crippen MR) is 210 cm³/mol. The lowest BCUT2D eigenvalue weighted by Gasteiger charge is -2.45. The van der Waals surface area contributed by atoms with Crippen molar-refractivity contribution < 1.29 is 43.2 Å². The largest absolute Gasteiger partial charge is 0.458 e. The number of anilines is 1. The van der Waals surface area contributed by atoms with Crippen LogP contribution < -0.4 is 16.8 Å². The van der Waals surface area contributed by atoms with Crippen molar-refractivity contribution in [3.63, 3.8) is 0 Å². The van der Waals surface area contributed by atoms with Crippen molar-refractivity contribution in [2.24, 2.45) is 23.5 Å². The first-order valence-electron chi connectivity index (χ1n) is 20.3. The number of amides is 1. The molecule has 0 aromatic carbocycles. The number of cyclic esters (lactones) is 1. The maximum atomic E-state index is 14.2. The number of aliphatic hydroxyl groups is 1. The summed E-state index contributed by atoms with van der Waals surface area (Å²) < 4.78 is 32.8. The van der Waals surface area contributed by atoms with E-state index in [-0.39, 0.29) is 18.1 Å². The number of carbonyl (C=O) groups is 3. The molecular formula is C40H64N8O9. The van der Waals surface area contributed by atoms with Crippen LogP contribution in [0.25, 0.3) is 11.4 Å². The minimum Gasteiger partial charge on any atom is -0.458 e. The average molecular weight is 801 g/mol. The average Bonchev–Trinajstić information content (AvgIpc) is 3.75. The molecule has 57 heavy (non-hydrogen) atoms. The number of ketones is 1. The number of hydrogen-bond donors (Lipinski definition) is 4. The van der Waals surface area contributed by atoms with Crippen LogP contribution in [0.15, 0.2) is 24.4 Å². The minimum absolute atomic E-state index is 0.0283. The van der Waals surface area contributed by atoms with Gasteiger partial charge in [-0.2, -0.15) is 0 Å². The number of aryl methyl sites for hydroxylation is 1. The number of esters is 1. The van der Waals surface area contributed by atoms with E-state index < -0.39 is 77.6 Å². The molecule has 13 atom stereocenters. The summed E-state index contributed by atoms with van der Waals surface area (Å²) in [5, 5.41) is 23.1. The van der Waals surface area contributed by atoms with E-state index in [1.165, 1.54) is 6.92 Å². The summed E-state index contributed by atoms with van der Waals surface area (Å²) in [4.78, 5) is 48.0. The molecule has 3 aliphatic rings. The monoisotopic (exact) mass is 800 g/mol. The molecule has 3 fully saturated rings. The SMILES string of the molecule is CC[C@H]1OC(=O)[C@H](C)C(=O)[C@H](C)[C@@H](O[C@@H]2OC(C)CC(N)C2O)[C@](C)(OC)C[C@@H](C)CN[C@H](C)[C@H]2N(CCCCn3cc(-c4cccc(N)n4)nn3)C(=O)O[C@]12C. The highest BCUT2D eigenvalue weighted by atomic mass is 16.7. The summed E-state index contributed by atoms with van der Waals surface area (Å²) in [5.74, 6) is -2.86. The van der Waals surface area contributed by atoms with Gasteiger partial charge < -0.3 is 45.6 Å². The standard InChI is InChI=1S/C40H64N8O9/c1-10-30-40(8)34(48(38(52)57-40)17-12-11-16-47-21-29(45-46-47)28-14-13-15-31(42)44-28)26(6)43-20-22(2)19-39(7,53-9)35(24(4)32(49)25(5)36(51)55-30)56-37-33(50)27(41)18-23(3)54-37/h13-15,21-27,30,33-35,37,43,50H,10-12,16-20,41H2,1-9H3,(H2,42,44)/t22-,23?,24+,25-,26-,27?,30-,33?,34-,35-,37+,39-,40-/m1/s1. The number of carbonyl (C=O) groups excluding carboxylic acids is 3. The Bertz CT molecular complexity index is 1700. The van der Waals surface area contributed by atoms with Gasteiger partial charge in [0.25, 0.3) is 0 Å². The number of methoxy groups -OCH3 is 1. The van der Waals surface area contributed by atoms with Crippen molar-refractivity contribution in [1.29, 1.82) is 0 Å². The van der Waals surface area contributed by atoms with Gasteiger partial charge in [-0.25, -0.2) is 9.78 Å². The van der Waals surface area contributed by atoms with E-state index in [0.29, 0.717) is 68.9 Å². The smallest absolute Gasteiger partial charge is 0.410 e. The molecule has 3 unspecified atom stereocenters. The molecule has 0 aliphatic carbocycles. The summed E-state index contributed by atoms with van der Waals surface area (Å²) in [5.41, 5.74) is 11.0. The summed E-state index contributed by atoms with van der Waals surface area (Å²) >= 11 is 0. The van der Waals surface area contributed by atoms with Gasteiger partial charge in [0.05, 0.1) is 35.7 Å². The van der Waals surface area contributed by atoms with Crippen molar-refractivity contribution in [3.05, 3.63) is 24.4 Å². The number of ether oxygens (including phenoxy) is 5. The second-order valence-corrected chi connectivity index (χ2v) is 16.7. The van der Waals surface area contributed by atoms with E-state index in [1.54, 1.807) is 36.6 Å². The number of hydrogen-bond acceptors (Lipinski definition) is 15. The molecule has 5 heterocycles. The molecule has 318 valence electrons. The Labute approximate surface area is 335 Å². The third-order valence-electron chi connectivity index (χ3n) is 12.1. The number of unbranched alkanes of at least 4 members (excludes halogenated alkanes) is 1. The Balaban J connectivity index is 1.37. The Morgan fingerprint density at radius 1 is 1.07 bits per heavy atom. The van der Waals surface area contributed by atoms with Crippen molar-refractivity contribution in [1.82, 2.24) is 30.2 Å². The second-order valence-electron chi connectivity index (χ2n) is 16.7. The molecule has 0 radical (unpaired) electrons. The first-order chi connectivity index (χ1) is 26.9. The van der Waals surface area contributed by atoms with Gasteiger partial charge in [-0.1, -0.05) is 32.1 Å². The van der Waals surface area contributed by atoms with Gasteiger partial charge >= 0.3 is 12.1 Å². The third kappa shape index (κ3) is 9.77. The number of rotatable bonds is 10. The summed E-state index contributed by atoms with van der Waals surface area (Å²) in [6, 6.07) is 3.92. The Morgan fingerprint density at radius 3 is 2.47 bits per heavy atom. The Kier molecular flexibility index (Phi) is 14.4. The molecule has 6 N–H and O–H groups in total. The highest BCUT2D eigenvalue weighted by Gasteiger charge is 2.58. The summed E-state index contributed by atoms with van der Waals surface area (Å²) in [6.07, 6.45) is -0.461. The van der Waals surface area contributed by atoms with Crippen LogP contribution in [0.5, 0.6) is 0 Å². The van der Waals surface area contributed by atoms with E-state index in [0.717, 1.165) is 0 Å². The van der Waals surface area contributed by atoms with E-state index >= 15 is 0 Å². The number of pyridine rings is 1. The van der Waals surface area contributed by atoms with Gasteiger partial charge in [0, 0.05) is 38.2 Å². The number of nitrogens with one attached hydrogen (secondary N) is 1. The predicted octanol–water partition coefficient (Wildman–Crippen LogP) is 3.08. The lowest BCUT2D eigenvalue weighted by atomic mass is 9.78. The maximum Gasteiger partial charge on any atom is 0.410 e. The fourth-order valence-corrected chi connectivity index (χ4v) is 8.88. The third-order valence-corrected chi connectivity index (χ3v) is 12.1. The Morgan fingerprint density at radius 2 is 1.79 bits per heavy atom. The molecule has 3 aliphatic heterocycles. The molecule has 17 nitrogen and oxygen atoms in total. The molecule has 0 spiro atoms. The van der Waals surface area contributed by atoms with Crippen LogP contribution in [-0.4, -0.2) is 128 Å². The van der Waals surface area contributed by atoms with Crippen LogP contribution in [0.1, 0.15) is 87.5 Å². The summed E-state index contributed by atoms with van der Waals surface area (Å²) in [7, 11) is 1.56. The van der Waals surface area contributed by atoms with E-state index in [9.17, 15) is 19.5 Å². The molecule has 3 saturated heterocycles. The fourth-order valence-electron chi connectivity index (χ4n) is 8.88. The van der Waals surface area contributed by atoms with Gasteiger partial charge in [0.2, 0.25) is 0 Å². The van der Waals surface area contributed by atoms with Crippen molar-refractivity contribution in [2.75, 3.05) is 25.9 Å². The quantitative estimate of drug-likeness (QED) is 0.154.